The highest BCUT2D eigenvalue weighted by atomic mass is 32.2. The molecular formula is C15H15F2N5O3S. The third-order valence-corrected chi connectivity index (χ3v) is 5.02. The number of nitrogens with two attached hydrogens (primary N) is 1. The van der Waals surface area contributed by atoms with E-state index in [1.165, 1.54) is 18.5 Å². The Balaban J connectivity index is 1.73. The average molecular weight is 383 g/mol. The van der Waals surface area contributed by atoms with Crippen molar-refractivity contribution in [2.75, 3.05) is 30.0 Å². The van der Waals surface area contributed by atoms with Gasteiger partial charge in [0.2, 0.25) is 5.16 Å². The molecule has 0 aliphatic carbocycles. The van der Waals surface area contributed by atoms with Crippen LogP contribution in [0.2, 0.25) is 0 Å². The first-order chi connectivity index (χ1) is 12.4. The fourth-order valence-corrected chi connectivity index (χ4v) is 3.31. The van der Waals surface area contributed by atoms with E-state index >= 15 is 0 Å². The Morgan fingerprint density at radius 1 is 1.42 bits per heavy atom. The van der Waals surface area contributed by atoms with E-state index in [-0.39, 0.29) is 28.9 Å². The lowest BCUT2D eigenvalue weighted by Crippen LogP contribution is -2.71. The topological polar surface area (TPSA) is 103 Å². The van der Waals surface area contributed by atoms with Gasteiger partial charge in [0, 0.05) is 30.6 Å². The summed E-state index contributed by atoms with van der Waals surface area (Å²) in [5, 5.41) is 0.148. The molecule has 2 fully saturated rings. The molecule has 2 aliphatic heterocycles. The van der Waals surface area contributed by atoms with Gasteiger partial charge in [0.25, 0.3) is 0 Å². The van der Waals surface area contributed by atoms with Crippen molar-refractivity contribution in [3.63, 3.8) is 0 Å². The molecule has 0 spiro atoms. The molecule has 26 heavy (non-hydrogen) atoms. The van der Waals surface area contributed by atoms with Crippen LogP contribution >= 0.6 is 0 Å². The number of halogens is 2. The lowest BCUT2D eigenvalue weighted by atomic mass is 9.95. The number of rotatable bonds is 5. The van der Waals surface area contributed by atoms with Crippen LogP contribution in [0.3, 0.4) is 0 Å². The highest BCUT2D eigenvalue weighted by Gasteiger charge is 2.48. The maximum atomic E-state index is 12.5. The maximum absolute atomic E-state index is 12.5. The Kier molecular flexibility index (Phi) is 4.19. The molecule has 8 nitrogen and oxygen atoms in total. The van der Waals surface area contributed by atoms with E-state index < -0.39 is 17.4 Å². The molecule has 4 heterocycles. The number of pyridine rings is 1. The number of ether oxygens (including phenoxy) is 2. The molecule has 11 heteroatoms. The van der Waals surface area contributed by atoms with E-state index in [4.69, 9.17) is 10.5 Å². The second kappa shape index (κ2) is 6.40. The molecule has 2 N–H and O–H groups in total. The Morgan fingerprint density at radius 3 is 2.81 bits per heavy atom. The fraction of sp³-hybridized carbons (Fsp3) is 0.400. The largest absolute Gasteiger partial charge is 0.431 e. The molecule has 0 aromatic carbocycles. The summed E-state index contributed by atoms with van der Waals surface area (Å²) < 4.78 is 46.7. The van der Waals surface area contributed by atoms with Gasteiger partial charge < -0.3 is 20.1 Å². The molecule has 2 aromatic rings. The third kappa shape index (κ3) is 2.97. The summed E-state index contributed by atoms with van der Waals surface area (Å²) >= 11 is 0. The first-order valence-corrected chi connectivity index (χ1v) is 9.29. The van der Waals surface area contributed by atoms with Crippen molar-refractivity contribution in [3.05, 3.63) is 18.3 Å². The highest BCUT2D eigenvalue weighted by Crippen LogP contribution is 2.36. The number of anilines is 2. The third-order valence-electron chi connectivity index (χ3n) is 4.32. The summed E-state index contributed by atoms with van der Waals surface area (Å²) in [5.74, 6) is 0.214. The zero-order chi connectivity index (χ0) is 18.4. The standard InChI is InChI=1S/C15H15F2N5O3S/c1-26(23)15-20-8(3-12(21-15)22-5-11-9(22)6-24-11)7-2-10(25-14(16)17)13(18)19-4-7/h2-4,9,11,14H,5-6H2,1H3,(H2,18,19)/t9-,11?,26?/m1/s1. The number of aromatic nitrogens is 3. The molecule has 4 rings (SSSR count). The fourth-order valence-electron chi connectivity index (χ4n) is 2.86. The van der Waals surface area contributed by atoms with Gasteiger partial charge in [-0.3, -0.25) is 4.21 Å². The molecule has 3 atom stereocenters. The van der Waals surface area contributed by atoms with Crippen molar-refractivity contribution in [2.45, 2.75) is 23.9 Å². The second-order valence-corrected chi connectivity index (χ2v) is 7.20. The lowest BCUT2D eigenvalue weighted by molar-refractivity contribution is -0.113. The predicted molar refractivity (Wildman–Crippen MR) is 89.5 cm³/mol. The van der Waals surface area contributed by atoms with Crippen LogP contribution in [0.4, 0.5) is 20.4 Å². The van der Waals surface area contributed by atoms with Gasteiger partial charge in [0.05, 0.1) is 35.2 Å². The van der Waals surface area contributed by atoms with Crippen LogP contribution in [-0.2, 0) is 15.5 Å². The smallest absolute Gasteiger partial charge is 0.387 e. The monoisotopic (exact) mass is 383 g/mol. The summed E-state index contributed by atoms with van der Waals surface area (Å²) in [4.78, 5) is 14.5. The van der Waals surface area contributed by atoms with E-state index in [2.05, 4.69) is 19.7 Å². The first-order valence-electron chi connectivity index (χ1n) is 7.74. The number of alkyl halides is 2. The molecule has 2 aliphatic rings. The van der Waals surface area contributed by atoms with Crippen molar-refractivity contribution >= 4 is 22.4 Å². The normalized spacial score (nSPS) is 22.4. The number of nitrogens with zero attached hydrogens (tertiary/aromatic N) is 4. The van der Waals surface area contributed by atoms with Gasteiger partial charge >= 0.3 is 6.61 Å². The summed E-state index contributed by atoms with van der Waals surface area (Å²) in [7, 11) is -1.42. The molecule has 138 valence electrons. The summed E-state index contributed by atoms with van der Waals surface area (Å²) in [6, 6.07) is 3.27. The van der Waals surface area contributed by atoms with Crippen molar-refractivity contribution in [1.82, 2.24) is 15.0 Å². The number of fused-ring (bicyclic) bond motifs is 1. The zero-order valence-electron chi connectivity index (χ0n) is 13.6. The first kappa shape index (κ1) is 17.0. The molecule has 0 amide bonds. The van der Waals surface area contributed by atoms with Crippen molar-refractivity contribution < 1.29 is 22.5 Å². The van der Waals surface area contributed by atoms with Gasteiger partial charge in [0.15, 0.2) is 11.6 Å². The molecule has 2 unspecified atom stereocenters. The number of hydrogen-bond acceptors (Lipinski definition) is 8. The number of nitrogen functional groups attached to an aromatic ring is 1. The van der Waals surface area contributed by atoms with E-state index in [0.29, 0.717) is 30.2 Å². The molecule has 2 aromatic heterocycles. The summed E-state index contributed by atoms with van der Waals surface area (Å²) in [6.45, 7) is -1.72. The number of hydrogen-bond donors (Lipinski definition) is 1. The molecule has 0 radical (unpaired) electrons. The van der Waals surface area contributed by atoms with E-state index in [1.807, 2.05) is 4.90 Å². The van der Waals surface area contributed by atoms with Crippen LogP contribution in [0.5, 0.6) is 5.75 Å². The van der Waals surface area contributed by atoms with Crippen LogP contribution < -0.4 is 15.4 Å². The van der Waals surface area contributed by atoms with Gasteiger partial charge in [-0.05, 0) is 6.07 Å². The number of morpholine rings is 1. The van der Waals surface area contributed by atoms with Gasteiger partial charge in [-0.15, -0.1) is 0 Å². The highest BCUT2D eigenvalue weighted by molar-refractivity contribution is 7.84. The van der Waals surface area contributed by atoms with Crippen molar-refractivity contribution in [3.8, 4) is 17.0 Å². The Morgan fingerprint density at radius 2 is 2.23 bits per heavy atom. The molecule has 0 bridgehead atoms. The van der Waals surface area contributed by atoms with Crippen molar-refractivity contribution in [1.29, 1.82) is 0 Å². The summed E-state index contributed by atoms with van der Waals surface area (Å²) in [6.07, 6.45) is 3.07. The van der Waals surface area contributed by atoms with Gasteiger partial charge in [-0.25, -0.2) is 15.0 Å². The summed E-state index contributed by atoms with van der Waals surface area (Å²) in [5.41, 5.74) is 6.38. The minimum atomic E-state index is -3.02. The molecule has 2 saturated heterocycles. The van der Waals surface area contributed by atoms with Crippen LogP contribution in [0, 0.1) is 0 Å². The SMILES string of the molecule is CS(=O)c1nc(-c2cnc(N)c(OC(F)F)c2)cc(N2CC3OC[C@H]32)n1. The molecule has 0 saturated carbocycles. The van der Waals surface area contributed by atoms with Crippen LogP contribution in [0.1, 0.15) is 0 Å². The minimum absolute atomic E-state index is 0.148. The quantitative estimate of drug-likeness (QED) is 0.764. The zero-order valence-corrected chi connectivity index (χ0v) is 14.4. The average Bonchev–Trinajstić information content (AvgIpc) is 2.58. The van der Waals surface area contributed by atoms with Gasteiger partial charge in [0.1, 0.15) is 5.82 Å². The van der Waals surface area contributed by atoms with Crippen molar-refractivity contribution in [2.24, 2.45) is 0 Å². The second-order valence-electron chi connectivity index (χ2n) is 5.93. The predicted octanol–water partition coefficient (Wildman–Crippen LogP) is 1.05. The Hall–Kier alpha value is -2.40. The van der Waals surface area contributed by atoms with E-state index in [0.717, 1.165) is 0 Å². The lowest BCUT2D eigenvalue weighted by Gasteiger charge is -2.55. The van der Waals surface area contributed by atoms with Crippen LogP contribution in [-0.4, -0.2) is 57.3 Å². The molecular weight excluding hydrogens is 368 g/mol. The van der Waals surface area contributed by atoms with E-state index in [1.54, 1.807) is 6.07 Å². The maximum Gasteiger partial charge on any atom is 0.387 e. The van der Waals surface area contributed by atoms with E-state index in [9.17, 15) is 13.0 Å². The Labute approximate surface area is 149 Å². The van der Waals surface area contributed by atoms with Crippen LogP contribution in [0.15, 0.2) is 23.5 Å². The Bertz CT molecular complexity index is 884. The minimum Gasteiger partial charge on any atom is -0.431 e. The van der Waals surface area contributed by atoms with Gasteiger partial charge in [-0.1, -0.05) is 0 Å². The van der Waals surface area contributed by atoms with Gasteiger partial charge in [-0.2, -0.15) is 8.78 Å². The van der Waals surface area contributed by atoms with Crippen LogP contribution in [0.25, 0.3) is 11.3 Å².